The van der Waals surface area contributed by atoms with Crippen LogP contribution in [0.2, 0.25) is 0 Å². The van der Waals surface area contributed by atoms with Crippen LogP contribution in [0.4, 0.5) is 0 Å². The fraction of sp³-hybridized carbons (Fsp3) is 0.973. The number of hydrogen-bond donors (Lipinski definition) is 4. The van der Waals surface area contributed by atoms with Crippen LogP contribution in [-0.2, 0) is 4.79 Å². The van der Waals surface area contributed by atoms with Gasteiger partial charge in [0.05, 0.1) is 18.8 Å². The van der Waals surface area contributed by atoms with Crippen LogP contribution < -0.4 is 5.32 Å². The van der Waals surface area contributed by atoms with Crippen molar-refractivity contribution in [1.82, 2.24) is 5.32 Å². The van der Waals surface area contributed by atoms with E-state index in [1.807, 2.05) is 0 Å². The van der Waals surface area contributed by atoms with E-state index in [1.165, 1.54) is 148 Å². The number of carbonyl (C=O) groups excluding carboxylic acids is 1. The zero-order valence-corrected chi connectivity index (χ0v) is 28.4. The van der Waals surface area contributed by atoms with Gasteiger partial charge >= 0.3 is 0 Å². The molecule has 3 atom stereocenters. The van der Waals surface area contributed by atoms with Crippen LogP contribution in [0.3, 0.4) is 0 Å². The second kappa shape index (κ2) is 33.2. The number of carbonyl (C=O) groups is 1. The first kappa shape index (κ1) is 41.4. The summed E-state index contributed by atoms with van der Waals surface area (Å²) in [7, 11) is 0. The summed E-state index contributed by atoms with van der Waals surface area (Å²) in [5, 5.41) is 33.4. The van der Waals surface area contributed by atoms with Crippen LogP contribution in [0.1, 0.15) is 206 Å². The molecular weight excluding hydrogens is 522 g/mol. The lowest BCUT2D eigenvalue weighted by atomic mass is 9.99. The molecule has 0 radical (unpaired) electrons. The van der Waals surface area contributed by atoms with Crippen molar-refractivity contribution in [2.24, 2.45) is 0 Å². The van der Waals surface area contributed by atoms with E-state index in [4.69, 9.17) is 0 Å². The molecule has 0 aliphatic heterocycles. The topological polar surface area (TPSA) is 89.8 Å². The smallest absolute Gasteiger partial charge is 0.220 e. The van der Waals surface area contributed by atoms with E-state index in [1.54, 1.807) is 0 Å². The Hall–Kier alpha value is -0.650. The maximum Gasteiger partial charge on any atom is 0.220 e. The minimum Gasteiger partial charge on any atom is -0.394 e. The predicted molar refractivity (Wildman–Crippen MR) is 181 cm³/mol. The van der Waals surface area contributed by atoms with Gasteiger partial charge in [-0.25, -0.2) is 0 Å². The molecule has 252 valence electrons. The Bertz CT molecular complexity index is 544. The summed E-state index contributed by atoms with van der Waals surface area (Å²) in [6.45, 7) is 4.17. The SMILES string of the molecule is CCCCCCCCCCCCCCCCC(=O)N[C@@H](CO)[C@H](O)[C@H](O)CCCCCCCCCCCCCCCC. The third kappa shape index (κ3) is 28.1. The number of unbranched alkanes of at least 4 members (excludes halogenated alkanes) is 26. The van der Waals surface area contributed by atoms with Gasteiger partial charge in [-0.3, -0.25) is 4.79 Å². The van der Waals surface area contributed by atoms with Gasteiger partial charge in [0, 0.05) is 6.42 Å². The molecule has 5 heteroatoms. The van der Waals surface area contributed by atoms with E-state index in [-0.39, 0.29) is 12.5 Å². The standard InChI is InChI=1S/C37H75NO4/c1-3-5-7-9-11-13-15-17-19-21-23-25-27-29-31-35(40)37(42)34(33-39)38-36(41)32-30-28-26-24-22-20-18-16-14-12-10-8-6-4-2/h34-35,37,39-40,42H,3-33H2,1-2H3,(H,38,41)/t34-,35+,37-/m0/s1. The van der Waals surface area contributed by atoms with E-state index in [0.29, 0.717) is 12.8 Å². The van der Waals surface area contributed by atoms with Crippen LogP contribution in [0.5, 0.6) is 0 Å². The van der Waals surface area contributed by atoms with Gasteiger partial charge in [-0.15, -0.1) is 0 Å². The minimum atomic E-state index is -1.13. The van der Waals surface area contributed by atoms with Gasteiger partial charge in [0.2, 0.25) is 5.91 Å². The summed E-state index contributed by atoms with van der Waals surface area (Å²) < 4.78 is 0. The van der Waals surface area contributed by atoms with Gasteiger partial charge in [-0.2, -0.15) is 0 Å². The monoisotopic (exact) mass is 598 g/mol. The molecule has 0 aromatic rings. The first-order valence-electron chi connectivity index (χ1n) is 18.8. The first-order valence-corrected chi connectivity index (χ1v) is 18.8. The fourth-order valence-electron chi connectivity index (χ4n) is 5.99. The number of hydrogen-bond acceptors (Lipinski definition) is 4. The molecule has 0 aliphatic carbocycles. The highest BCUT2D eigenvalue weighted by molar-refractivity contribution is 5.76. The highest BCUT2D eigenvalue weighted by atomic mass is 16.3. The lowest BCUT2D eigenvalue weighted by Crippen LogP contribution is -2.50. The second-order valence-corrected chi connectivity index (χ2v) is 13.1. The Labute approximate surface area is 262 Å². The molecule has 0 saturated heterocycles. The summed E-state index contributed by atoms with van der Waals surface area (Å²) in [5.41, 5.74) is 0. The molecule has 0 spiro atoms. The Morgan fingerprint density at radius 2 is 0.810 bits per heavy atom. The molecule has 0 bridgehead atoms. The average molecular weight is 598 g/mol. The molecule has 0 aromatic carbocycles. The van der Waals surface area contributed by atoms with Crippen molar-refractivity contribution in [3.8, 4) is 0 Å². The number of nitrogens with one attached hydrogen (secondary N) is 1. The first-order chi connectivity index (χ1) is 20.6. The quantitative estimate of drug-likeness (QED) is 0.0556. The zero-order valence-electron chi connectivity index (χ0n) is 28.4. The summed E-state index contributed by atoms with van der Waals surface area (Å²) in [5.74, 6) is -0.143. The Morgan fingerprint density at radius 1 is 0.500 bits per heavy atom. The van der Waals surface area contributed by atoms with Crippen molar-refractivity contribution in [1.29, 1.82) is 0 Å². The number of aliphatic hydroxyl groups is 3. The molecule has 0 aliphatic rings. The third-order valence-electron chi connectivity index (χ3n) is 8.96. The highest BCUT2D eigenvalue weighted by Gasteiger charge is 2.26. The lowest BCUT2D eigenvalue weighted by Gasteiger charge is -2.26. The molecule has 42 heavy (non-hydrogen) atoms. The maximum absolute atomic E-state index is 12.3. The number of aliphatic hydroxyl groups excluding tert-OH is 3. The van der Waals surface area contributed by atoms with Crippen LogP contribution in [0, 0.1) is 0 Å². The van der Waals surface area contributed by atoms with Gasteiger partial charge in [0.1, 0.15) is 6.10 Å². The molecule has 0 aromatic heterocycles. The summed E-state index contributed by atoms with van der Waals surface area (Å²) in [6, 6.07) is -0.800. The van der Waals surface area contributed by atoms with Crippen LogP contribution in [0.25, 0.3) is 0 Å². The van der Waals surface area contributed by atoms with Gasteiger partial charge in [0.15, 0.2) is 0 Å². The van der Waals surface area contributed by atoms with Gasteiger partial charge < -0.3 is 20.6 Å². The average Bonchev–Trinajstić information content (AvgIpc) is 2.99. The Kier molecular flexibility index (Phi) is 32.7. The lowest BCUT2D eigenvalue weighted by molar-refractivity contribution is -0.124. The molecule has 5 nitrogen and oxygen atoms in total. The molecule has 0 heterocycles. The van der Waals surface area contributed by atoms with Crippen LogP contribution in [-0.4, -0.2) is 46.1 Å². The van der Waals surface area contributed by atoms with E-state index < -0.39 is 18.2 Å². The zero-order chi connectivity index (χ0) is 30.9. The van der Waals surface area contributed by atoms with Gasteiger partial charge in [0.25, 0.3) is 0 Å². The molecule has 0 rings (SSSR count). The van der Waals surface area contributed by atoms with Crippen molar-refractivity contribution < 1.29 is 20.1 Å². The van der Waals surface area contributed by atoms with Crippen LogP contribution >= 0.6 is 0 Å². The molecule has 0 saturated carbocycles. The maximum atomic E-state index is 12.3. The second-order valence-electron chi connectivity index (χ2n) is 13.1. The summed E-state index contributed by atoms with van der Waals surface area (Å²) >= 11 is 0. The normalized spacial score (nSPS) is 13.7. The third-order valence-corrected chi connectivity index (χ3v) is 8.96. The molecule has 0 unspecified atom stereocenters. The van der Waals surface area contributed by atoms with Crippen LogP contribution in [0.15, 0.2) is 0 Å². The molecule has 1 amide bonds. The van der Waals surface area contributed by atoms with E-state index in [0.717, 1.165) is 32.1 Å². The molecular formula is C37H75NO4. The van der Waals surface area contributed by atoms with E-state index in [2.05, 4.69) is 19.2 Å². The van der Waals surface area contributed by atoms with Crippen molar-refractivity contribution in [3.05, 3.63) is 0 Å². The van der Waals surface area contributed by atoms with Crippen molar-refractivity contribution in [2.75, 3.05) is 6.61 Å². The number of rotatable bonds is 34. The van der Waals surface area contributed by atoms with Crippen molar-refractivity contribution in [3.63, 3.8) is 0 Å². The predicted octanol–water partition coefficient (Wildman–Crippen LogP) is 9.93. The number of amides is 1. The van der Waals surface area contributed by atoms with E-state index >= 15 is 0 Å². The highest BCUT2D eigenvalue weighted by Crippen LogP contribution is 2.16. The summed E-state index contributed by atoms with van der Waals surface area (Å²) in [4.78, 5) is 12.3. The molecule has 0 fully saturated rings. The van der Waals surface area contributed by atoms with E-state index in [9.17, 15) is 20.1 Å². The minimum absolute atomic E-state index is 0.143. The van der Waals surface area contributed by atoms with Gasteiger partial charge in [-0.05, 0) is 12.8 Å². The largest absolute Gasteiger partial charge is 0.394 e. The summed E-state index contributed by atoms with van der Waals surface area (Å²) in [6.07, 6.45) is 34.7. The molecule has 4 N–H and O–H groups in total. The fourth-order valence-corrected chi connectivity index (χ4v) is 5.99. The Balaban J connectivity index is 3.65. The van der Waals surface area contributed by atoms with Crippen molar-refractivity contribution in [2.45, 2.75) is 225 Å². The van der Waals surface area contributed by atoms with Crippen molar-refractivity contribution >= 4 is 5.91 Å². The Morgan fingerprint density at radius 3 is 1.14 bits per heavy atom. The van der Waals surface area contributed by atoms with Gasteiger partial charge in [-0.1, -0.05) is 187 Å².